The van der Waals surface area contributed by atoms with Gasteiger partial charge in [-0.2, -0.15) is 0 Å². The van der Waals surface area contributed by atoms with Gasteiger partial charge in [-0.3, -0.25) is 9.59 Å². The molecule has 1 aliphatic carbocycles. The first-order valence-electron chi connectivity index (χ1n) is 10.00. The molecule has 1 atom stereocenters. The molecule has 1 aliphatic heterocycles. The molecule has 0 bridgehead atoms. The monoisotopic (exact) mass is 387 g/mol. The minimum absolute atomic E-state index is 0.124. The first-order chi connectivity index (χ1) is 14.0. The molecule has 2 heterocycles. The molecule has 0 saturated heterocycles. The van der Waals surface area contributed by atoms with E-state index in [1.54, 1.807) is 6.07 Å². The Bertz CT molecular complexity index is 1070. The smallest absolute Gasteiger partial charge is 0.255 e. The molecule has 29 heavy (non-hydrogen) atoms. The summed E-state index contributed by atoms with van der Waals surface area (Å²) in [5.74, 6) is 0.0309. The molecule has 0 fully saturated rings. The highest BCUT2D eigenvalue weighted by Crippen LogP contribution is 2.43. The Balaban J connectivity index is 1.81. The average Bonchev–Trinajstić information content (AvgIpc) is 2.67. The SMILES string of the molecule is CC1=C(C(=O)Nc2cccc(C)n2)[C@H](c2ccccc2C)C2=C(CCCC2=O)N1. The number of dihydropyridines is 1. The number of pyridine rings is 1. The number of allylic oxidation sites excluding steroid dienone is 3. The maximum atomic E-state index is 13.4. The molecule has 0 unspecified atom stereocenters. The number of nitrogens with one attached hydrogen (secondary N) is 2. The van der Waals surface area contributed by atoms with Crippen molar-refractivity contribution in [1.82, 2.24) is 10.3 Å². The zero-order valence-corrected chi connectivity index (χ0v) is 17.0. The van der Waals surface area contributed by atoms with Gasteiger partial charge in [0.2, 0.25) is 0 Å². The maximum absolute atomic E-state index is 13.4. The molecular formula is C24H25N3O2. The number of aromatic nitrogens is 1. The number of anilines is 1. The number of Topliss-reactive ketones (excluding diaryl/α,β-unsaturated/α-hetero) is 1. The number of rotatable bonds is 3. The number of benzene rings is 1. The Morgan fingerprint density at radius 1 is 1.07 bits per heavy atom. The lowest BCUT2D eigenvalue weighted by Gasteiger charge is -2.35. The summed E-state index contributed by atoms with van der Waals surface area (Å²) in [7, 11) is 0. The van der Waals surface area contributed by atoms with Crippen molar-refractivity contribution >= 4 is 17.5 Å². The average molecular weight is 387 g/mol. The van der Waals surface area contributed by atoms with Crippen molar-refractivity contribution in [2.24, 2.45) is 0 Å². The van der Waals surface area contributed by atoms with Crippen LogP contribution in [0.5, 0.6) is 0 Å². The van der Waals surface area contributed by atoms with E-state index in [9.17, 15) is 9.59 Å². The summed E-state index contributed by atoms with van der Waals surface area (Å²) in [5.41, 5.74) is 5.96. The summed E-state index contributed by atoms with van der Waals surface area (Å²) in [6.45, 7) is 5.82. The van der Waals surface area contributed by atoms with Crippen LogP contribution >= 0.6 is 0 Å². The molecule has 148 valence electrons. The fourth-order valence-corrected chi connectivity index (χ4v) is 4.30. The number of carbonyl (C=O) groups excluding carboxylic acids is 2. The minimum Gasteiger partial charge on any atom is -0.362 e. The zero-order valence-electron chi connectivity index (χ0n) is 17.0. The highest BCUT2D eigenvalue weighted by molar-refractivity contribution is 6.09. The lowest BCUT2D eigenvalue weighted by atomic mass is 9.74. The quantitative estimate of drug-likeness (QED) is 0.823. The fourth-order valence-electron chi connectivity index (χ4n) is 4.30. The largest absolute Gasteiger partial charge is 0.362 e. The third-order valence-electron chi connectivity index (χ3n) is 5.65. The summed E-state index contributed by atoms with van der Waals surface area (Å²) < 4.78 is 0. The van der Waals surface area contributed by atoms with Gasteiger partial charge in [0.1, 0.15) is 5.82 Å². The number of hydrogen-bond donors (Lipinski definition) is 2. The molecule has 1 amide bonds. The van der Waals surface area contributed by atoms with Crippen LogP contribution in [0.1, 0.15) is 48.9 Å². The Labute approximate surface area is 170 Å². The lowest BCUT2D eigenvalue weighted by molar-refractivity contribution is -0.116. The standard InChI is InChI=1S/C24H25N3O2/c1-14-8-4-5-10-17(14)22-21(24(29)27-20-13-6-9-15(2)25-20)16(3)26-18-11-7-12-19(28)23(18)22/h4-6,8-10,13,22,26H,7,11-12H2,1-3H3,(H,25,27,29)/t22-/m0/s1. The van der Waals surface area contributed by atoms with Crippen LogP contribution in [0, 0.1) is 13.8 Å². The summed E-state index contributed by atoms with van der Waals surface area (Å²) in [6.07, 6.45) is 2.19. The normalized spacial score (nSPS) is 19.0. The highest BCUT2D eigenvalue weighted by atomic mass is 16.2. The van der Waals surface area contributed by atoms with E-state index in [0.717, 1.165) is 46.6 Å². The van der Waals surface area contributed by atoms with Gasteiger partial charge >= 0.3 is 0 Å². The molecule has 5 nitrogen and oxygen atoms in total. The molecule has 2 aromatic rings. The molecule has 4 rings (SSSR count). The van der Waals surface area contributed by atoms with Gasteiger partial charge in [-0.15, -0.1) is 0 Å². The van der Waals surface area contributed by atoms with E-state index in [2.05, 4.69) is 15.6 Å². The summed E-state index contributed by atoms with van der Waals surface area (Å²) in [4.78, 5) is 30.7. The van der Waals surface area contributed by atoms with Crippen molar-refractivity contribution in [3.8, 4) is 0 Å². The van der Waals surface area contributed by atoms with Crippen molar-refractivity contribution in [2.45, 2.75) is 46.0 Å². The second-order valence-corrected chi connectivity index (χ2v) is 7.74. The van der Waals surface area contributed by atoms with E-state index in [1.807, 2.05) is 57.2 Å². The van der Waals surface area contributed by atoms with Crippen LogP contribution in [0.15, 0.2) is 65.0 Å². The number of nitrogens with zero attached hydrogens (tertiary/aromatic N) is 1. The van der Waals surface area contributed by atoms with Gasteiger partial charge in [0.25, 0.3) is 5.91 Å². The number of aryl methyl sites for hydroxylation is 2. The Morgan fingerprint density at radius 2 is 1.86 bits per heavy atom. The van der Waals surface area contributed by atoms with E-state index in [1.165, 1.54) is 0 Å². The Hall–Kier alpha value is -3.21. The van der Waals surface area contributed by atoms with Gasteiger partial charge in [-0.1, -0.05) is 30.3 Å². The summed E-state index contributed by atoms with van der Waals surface area (Å²) in [5, 5.41) is 6.28. The van der Waals surface area contributed by atoms with E-state index in [4.69, 9.17) is 0 Å². The lowest BCUT2D eigenvalue weighted by Crippen LogP contribution is -2.35. The van der Waals surface area contributed by atoms with Crippen molar-refractivity contribution in [3.63, 3.8) is 0 Å². The van der Waals surface area contributed by atoms with Gasteiger partial charge < -0.3 is 10.6 Å². The van der Waals surface area contributed by atoms with Crippen molar-refractivity contribution < 1.29 is 9.59 Å². The van der Waals surface area contributed by atoms with E-state index < -0.39 is 0 Å². The van der Waals surface area contributed by atoms with Gasteiger partial charge in [0, 0.05) is 40.6 Å². The first-order valence-corrected chi connectivity index (χ1v) is 10.00. The van der Waals surface area contributed by atoms with E-state index in [0.29, 0.717) is 17.8 Å². The topological polar surface area (TPSA) is 71.1 Å². The zero-order chi connectivity index (χ0) is 20.5. The van der Waals surface area contributed by atoms with Crippen LogP contribution in [0.25, 0.3) is 0 Å². The molecule has 1 aromatic heterocycles. The van der Waals surface area contributed by atoms with Crippen LogP contribution in [-0.4, -0.2) is 16.7 Å². The van der Waals surface area contributed by atoms with Gasteiger partial charge in [0.15, 0.2) is 5.78 Å². The Morgan fingerprint density at radius 3 is 2.62 bits per heavy atom. The summed E-state index contributed by atoms with van der Waals surface area (Å²) in [6, 6.07) is 13.5. The summed E-state index contributed by atoms with van der Waals surface area (Å²) >= 11 is 0. The van der Waals surface area contributed by atoms with Gasteiger partial charge in [-0.05, 0) is 56.9 Å². The third-order valence-corrected chi connectivity index (χ3v) is 5.65. The first kappa shape index (κ1) is 19.1. The number of ketones is 1. The van der Waals surface area contributed by atoms with Crippen LogP contribution in [0.4, 0.5) is 5.82 Å². The molecule has 0 spiro atoms. The fraction of sp³-hybridized carbons (Fsp3) is 0.292. The number of carbonyl (C=O) groups is 2. The van der Waals surface area contributed by atoms with Crippen LogP contribution in [0.3, 0.4) is 0 Å². The number of amides is 1. The third kappa shape index (κ3) is 3.60. The number of hydrogen-bond acceptors (Lipinski definition) is 4. The van der Waals surface area contributed by atoms with Gasteiger partial charge in [-0.25, -0.2) is 4.98 Å². The van der Waals surface area contributed by atoms with E-state index in [-0.39, 0.29) is 17.6 Å². The van der Waals surface area contributed by atoms with Crippen LogP contribution < -0.4 is 10.6 Å². The molecule has 2 aliphatic rings. The predicted octanol–water partition coefficient (Wildman–Crippen LogP) is 4.31. The molecule has 5 heteroatoms. The molecule has 1 aromatic carbocycles. The highest BCUT2D eigenvalue weighted by Gasteiger charge is 2.38. The Kier molecular flexibility index (Phi) is 5.05. The second kappa shape index (κ2) is 7.66. The maximum Gasteiger partial charge on any atom is 0.255 e. The van der Waals surface area contributed by atoms with E-state index >= 15 is 0 Å². The van der Waals surface area contributed by atoms with Crippen LogP contribution in [0.2, 0.25) is 0 Å². The molecule has 2 N–H and O–H groups in total. The van der Waals surface area contributed by atoms with Gasteiger partial charge in [0.05, 0.1) is 0 Å². The van der Waals surface area contributed by atoms with Crippen molar-refractivity contribution in [2.75, 3.05) is 5.32 Å². The molecule has 0 saturated carbocycles. The minimum atomic E-state index is -0.370. The van der Waals surface area contributed by atoms with Crippen molar-refractivity contribution in [3.05, 3.63) is 81.8 Å². The molecular weight excluding hydrogens is 362 g/mol. The predicted molar refractivity (Wildman–Crippen MR) is 113 cm³/mol. The van der Waals surface area contributed by atoms with Crippen LogP contribution in [-0.2, 0) is 9.59 Å². The molecule has 0 radical (unpaired) electrons. The van der Waals surface area contributed by atoms with Crippen molar-refractivity contribution in [1.29, 1.82) is 0 Å². The second-order valence-electron chi connectivity index (χ2n) is 7.74.